The average molecular weight is 335 g/mol. The second-order valence-corrected chi connectivity index (χ2v) is 4.99. The van der Waals surface area contributed by atoms with Gasteiger partial charge >= 0.3 is 6.18 Å². The fraction of sp³-hybridized carbons (Fsp3) is 0.200. The van der Waals surface area contributed by atoms with E-state index in [1.807, 2.05) is 30.3 Å². The highest BCUT2D eigenvalue weighted by Crippen LogP contribution is 2.27. The van der Waals surface area contributed by atoms with Crippen molar-refractivity contribution >= 4 is 5.82 Å². The molecule has 1 unspecified atom stereocenters. The molecule has 3 rings (SSSR count). The van der Waals surface area contributed by atoms with E-state index < -0.39 is 17.9 Å². The maximum Gasteiger partial charge on any atom is 0.435 e. The molecule has 2 aromatic heterocycles. The van der Waals surface area contributed by atoms with Crippen LogP contribution in [0, 0.1) is 0 Å². The highest BCUT2D eigenvalue weighted by atomic mass is 19.4. The first-order valence-electron chi connectivity index (χ1n) is 7.00. The Morgan fingerprint density at radius 1 is 1.04 bits per heavy atom. The Balaban J connectivity index is 1.71. The zero-order chi connectivity index (χ0) is 17.2. The minimum absolute atomic E-state index is 0.182. The molecule has 0 aliphatic carbocycles. The van der Waals surface area contributed by atoms with E-state index in [9.17, 15) is 13.2 Å². The van der Waals surface area contributed by atoms with Crippen LogP contribution >= 0.6 is 0 Å². The molecule has 2 heterocycles. The van der Waals surface area contributed by atoms with Crippen LogP contribution in [0.4, 0.5) is 19.0 Å². The standard InChI is InChI=1S/C15H12F3N5O/c1-9(19-12-8-7-11(21-22-12)15(16,17)18)13-20-14(24-23-13)10-5-3-2-4-6-10/h2-9H,1H3,(H,19,22). The predicted molar refractivity (Wildman–Crippen MR) is 78.8 cm³/mol. The van der Waals surface area contributed by atoms with E-state index in [0.717, 1.165) is 11.6 Å². The molecule has 0 aliphatic heterocycles. The molecule has 9 heteroatoms. The largest absolute Gasteiger partial charge is 0.435 e. The van der Waals surface area contributed by atoms with Crippen molar-refractivity contribution in [2.75, 3.05) is 5.32 Å². The third-order valence-electron chi connectivity index (χ3n) is 3.17. The summed E-state index contributed by atoms with van der Waals surface area (Å²) in [6.07, 6.45) is -4.52. The monoisotopic (exact) mass is 335 g/mol. The van der Waals surface area contributed by atoms with Crippen LogP contribution in [0.2, 0.25) is 0 Å². The van der Waals surface area contributed by atoms with Gasteiger partial charge in [0.25, 0.3) is 5.89 Å². The van der Waals surface area contributed by atoms with Crippen LogP contribution in [0.5, 0.6) is 0 Å². The Morgan fingerprint density at radius 3 is 2.42 bits per heavy atom. The summed E-state index contributed by atoms with van der Waals surface area (Å²) in [5.74, 6) is 0.898. The van der Waals surface area contributed by atoms with Gasteiger partial charge in [-0.15, -0.1) is 10.2 Å². The van der Waals surface area contributed by atoms with Crippen LogP contribution in [-0.2, 0) is 6.18 Å². The summed E-state index contributed by atoms with van der Waals surface area (Å²) in [6, 6.07) is 10.9. The first-order valence-corrected chi connectivity index (χ1v) is 7.00. The van der Waals surface area contributed by atoms with Crippen LogP contribution in [0.1, 0.15) is 24.5 Å². The van der Waals surface area contributed by atoms with Gasteiger partial charge in [-0.1, -0.05) is 23.4 Å². The topological polar surface area (TPSA) is 76.7 Å². The van der Waals surface area contributed by atoms with Crippen LogP contribution < -0.4 is 5.32 Å². The highest BCUT2D eigenvalue weighted by molar-refractivity contribution is 5.52. The summed E-state index contributed by atoms with van der Waals surface area (Å²) in [4.78, 5) is 4.26. The second kappa shape index (κ2) is 6.26. The fourth-order valence-electron chi connectivity index (χ4n) is 1.96. The first-order chi connectivity index (χ1) is 11.4. The van der Waals surface area contributed by atoms with Gasteiger partial charge in [-0.2, -0.15) is 18.2 Å². The molecule has 0 spiro atoms. The van der Waals surface area contributed by atoms with E-state index in [1.54, 1.807) is 6.92 Å². The third kappa shape index (κ3) is 3.50. The van der Waals surface area contributed by atoms with Crippen molar-refractivity contribution < 1.29 is 17.7 Å². The number of rotatable bonds is 4. The van der Waals surface area contributed by atoms with Crippen molar-refractivity contribution in [3.8, 4) is 11.5 Å². The number of benzene rings is 1. The summed E-state index contributed by atoms with van der Waals surface area (Å²) in [6.45, 7) is 1.74. The van der Waals surface area contributed by atoms with Gasteiger partial charge in [0.2, 0.25) is 0 Å². The molecule has 0 amide bonds. The van der Waals surface area contributed by atoms with Crippen molar-refractivity contribution in [3.05, 3.63) is 54.0 Å². The number of alkyl halides is 3. The number of hydrogen-bond donors (Lipinski definition) is 1. The first kappa shape index (κ1) is 15.9. The van der Waals surface area contributed by atoms with Crippen molar-refractivity contribution in [2.24, 2.45) is 0 Å². The summed E-state index contributed by atoms with van der Waals surface area (Å²) in [7, 11) is 0. The van der Waals surface area contributed by atoms with Crippen LogP contribution in [0.25, 0.3) is 11.5 Å². The van der Waals surface area contributed by atoms with E-state index in [1.165, 1.54) is 6.07 Å². The predicted octanol–water partition coefficient (Wildman–Crippen LogP) is 3.72. The number of nitrogens with zero attached hydrogens (tertiary/aromatic N) is 4. The number of nitrogens with one attached hydrogen (secondary N) is 1. The van der Waals surface area contributed by atoms with Crippen molar-refractivity contribution in [2.45, 2.75) is 19.1 Å². The third-order valence-corrected chi connectivity index (χ3v) is 3.17. The fourth-order valence-corrected chi connectivity index (χ4v) is 1.96. The van der Waals surface area contributed by atoms with E-state index in [-0.39, 0.29) is 5.82 Å². The Bertz CT molecular complexity index is 802. The molecule has 0 radical (unpaired) electrons. The van der Waals surface area contributed by atoms with Gasteiger partial charge in [-0.05, 0) is 31.2 Å². The van der Waals surface area contributed by atoms with Gasteiger partial charge < -0.3 is 9.84 Å². The minimum atomic E-state index is -4.52. The van der Waals surface area contributed by atoms with Gasteiger partial charge in [0.15, 0.2) is 11.5 Å². The lowest BCUT2D eigenvalue weighted by molar-refractivity contribution is -0.141. The minimum Gasteiger partial charge on any atom is -0.359 e. The second-order valence-electron chi connectivity index (χ2n) is 4.99. The Hall–Kier alpha value is -2.97. The van der Waals surface area contributed by atoms with E-state index in [2.05, 4.69) is 25.7 Å². The number of anilines is 1. The lowest BCUT2D eigenvalue weighted by Crippen LogP contribution is -2.13. The molecule has 1 atom stereocenters. The molecule has 0 saturated carbocycles. The quantitative estimate of drug-likeness (QED) is 0.783. The van der Waals surface area contributed by atoms with Crippen molar-refractivity contribution in [1.29, 1.82) is 0 Å². The number of halogens is 3. The normalized spacial score (nSPS) is 12.8. The lowest BCUT2D eigenvalue weighted by atomic mass is 10.2. The Kier molecular flexibility index (Phi) is 4.15. The molecule has 0 bridgehead atoms. The zero-order valence-corrected chi connectivity index (χ0v) is 12.4. The lowest BCUT2D eigenvalue weighted by Gasteiger charge is -2.10. The van der Waals surface area contributed by atoms with Gasteiger partial charge in [-0.25, -0.2) is 0 Å². The summed E-state index contributed by atoms with van der Waals surface area (Å²) in [5.41, 5.74) is -0.274. The Labute approximate surface area is 134 Å². The molecule has 0 fully saturated rings. The van der Waals surface area contributed by atoms with Crippen LogP contribution in [-0.4, -0.2) is 20.3 Å². The van der Waals surface area contributed by atoms with Gasteiger partial charge in [0, 0.05) is 5.56 Å². The van der Waals surface area contributed by atoms with E-state index in [0.29, 0.717) is 11.7 Å². The molecular formula is C15H12F3N5O. The highest BCUT2D eigenvalue weighted by Gasteiger charge is 2.32. The molecule has 124 valence electrons. The van der Waals surface area contributed by atoms with E-state index >= 15 is 0 Å². The molecule has 1 aromatic carbocycles. The smallest absolute Gasteiger partial charge is 0.359 e. The molecule has 0 saturated heterocycles. The molecule has 0 aliphatic rings. The Morgan fingerprint density at radius 2 is 1.79 bits per heavy atom. The van der Waals surface area contributed by atoms with Crippen LogP contribution in [0.3, 0.4) is 0 Å². The van der Waals surface area contributed by atoms with Gasteiger partial charge in [0.05, 0.1) is 6.04 Å². The summed E-state index contributed by atoms with van der Waals surface area (Å²) >= 11 is 0. The SMILES string of the molecule is CC(Nc1ccc(C(F)(F)F)nn1)c1noc(-c2ccccc2)n1. The van der Waals surface area contributed by atoms with Crippen molar-refractivity contribution in [3.63, 3.8) is 0 Å². The van der Waals surface area contributed by atoms with Crippen molar-refractivity contribution in [1.82, 2.24) is 20.3 Å². The summed E-state index contributed by atoms with van der Waals surface area (Å²) in [5, 5.41) is 13.4. The van der Waals surface area contributed by atoms with Crippen LogP contribution in [0.15, 0.2) is 47.0 Å². The van der Waals surface area contributed by atoms with E-state index in [4.69, 9.17) is 4.52 Å². The molecule has 24 heavy (non-hydrogen) atoms. The number of aromatic nitrogens is 4. The summed E-state index contributed by atoms with van der Waals surface area (Å²) < 4.78 is 42.6. The average Bonchev–Trinajstić information content (AvgIpc) is 3.05. The molecule has 1 N–H and O–H groups in total. The molecular weight excluding hydrogens is 323 g/mol. The zero-order valence-electron chi connectivity index (χ0n) is 12.4. The maximum absolute atomic E-state index is 12.5. The number of hydrogen-bond acceptors (Lipinski definition) is 6. The molecule has 3 aromatic rings. The maximum atomic E-state index is 12.5. The molecule has 6 nitrogen and oxygen atoms in total. The van der Waals surface area contributed by atoms with Gasteiger partial charge in [0.1, 0.15) is 5.82 Å². The van der Waals surface area contributed by atoms with Gasteiger partial charge in [-0.3, -0.25) is 0 Å².